The number of hydrogen-bond donors (Lipinski definition) is 2. The van der Waals surface area contributed by atoms with Crippen molar-refractivity contribution in [2.75, 3.05) is 0 Å². The monoisotopic (exact) mass is 361 g/mol. The van der Waals surface area contributed by atoms with E-state index in [-0.39, 0.29) is 16.6 Å². The average molecular weight is 361 g/mol. The fraction of sp³-hybridized carbons (Fsp3) is 0.0500. The van der Waals surface area contributed by atoms with Gasteiger partial charge in [0.2, 0.25) is 11.8 Å². The Hall–Kier alpha value is -3.25. The maximum Gasteiger partial charge on any atom is 0.232 e. The summed E-state index contributed by atoms with van der Waals surface area (Å²) in [7, 11) is 0. The van der Waals surface area contributed by atoms with Crippen molar-refractivity contribution in [3.8, 4) is 5.88 Å². The first kappa shape index (κ1) is 16.2. The summed E-state index contributed by atoms with van der Waals surface area (Å²) in [4.78, 5) is 19.3. The number of nitrogens with one attached hydrogen (secondary N) is 1. The SMILES string of the molecule is CC(=O)n1c(O)c(/C=C2/C(c3ccccc3)=Nc3ccccc32)[nH]c1=S. The van der Waals surface area contributed by atoms with E-state index >= 15 is 0 Å². The summed E-state index contributed by atoms with van der Waals surface area (Å²) in [6, 6.07) is 17.6. The molecule has 0 saturated heterocycles. The highest BCUT2D eigenvalue weighted by molar-refractivity contribution is 7.71. The minimum atomic E-state index is -0.350. The van der Waals surface area contributed by atoms with Crippen molar-refractivity contribution in [3.05, 3.63) is 76.2 Å². The van der Waals surface area contributed by atoms with E-state index in [0.717, 1.165) is 32.7 Å². The zero-order chi connectivity index (χ0) is 18.3. The maximum atomic E-state index is 11.7. The fourth-order valence-corrected chi connectivity index (χ4v) is 3.38. The van der Waals surface area contributed by atoms with Crippen molar-refractivity contribution < 1.29 is 9.90 Å². The van der Waals surface area contributed by atoms with Crippen LogP contribution in [0.2, 0.25) is 0 Å². The molecule has 2 N–H and O–H groups in total. The third-order valence-corrected chi connectivity index (χ3v) is 4.51. The summed E-state index contributed by atoms with van der Waals surface area (Å²) in [5, 5.41) is 10.4. The summed E-state index contributed by atoms with van der Waals surface area (Å²) in [6.45, 7) is 1.35. The number of hydrogen-bond acceptors (Lipinski definition) is 4. The van der Waals surface area contributed by atoms with Gasteiger partial charge >= 0.3 is 0 Å². The van der Waals surface area contributed by atoms with Crippen LogP contribution < -0.4 is 0 Å². The van der Waals surface area contributed by atoms with Gasteiger partial charge in [-0.25, -0.2) is 9.56 Å². The number of para-hydroxylation sites is 1. The number of aromatic hydroxyl groups is 1. The first-order valence-electron chi connectivity index (χ1n) is 8.07. The second kappa shape index (κ2) is 6.24. The Labute approximate surface area is 155 Å². The molecule has 6 heteroatoms. The summed E-state index contributed by atoms with van der Waals surface area (Å²) >= 11 is 5.15. The Morgan fingerprint density at radius 3 is 2.54 bits per heavy atom. The molecule has 1 aliphatic rings. The fourth-order valence-electron chi connectivity index (χ4n) is 3.05. The molecule has 0 bridgehead atoms. The Bertz CT molecular complexity index is 1140. The van der Waals surface area contributed by atoms with Crippen LogP contribution in [0.15, 0.2) is 59.6 Å². The summed E-state index contributed by atoms with van der Waals surface area (Å²) in [5.41, 5.74) is 4.83. The minimum Gasteiger partial charge on any atom is -0.493 e. The molecule has 5 nitrogen and oxygen atoms in total. The lowest BCUT2D eigenvalue weighted by atomic mass is 9.97. The summed E-state index contributed by atoms with van der Waals surface area (Å²) in [6.07, 6.45) is 1.78. The van der Waals surface area contributed by atoms with Crippen molar-refractivity contribution in [2.24, 2.45) is 4.99 Å². The second-order valence-electron chi connectivity index (χ2n) is 5.92. The van der Waals surface area contributed by atoms with Crippen LogP contribution >= 0.6 is 12.2 Å². The van der Waals surface area contributed by atoms with Crippen molar-refractivity contribution >= 4 is 41.2 Å². The molecular weight excluding hydrogens is 346 g/mol. The van der Waals surface area contributed by atoms with Crippen LogP contribution in [0.4, 0.5) is 5.69 Å². The van der Waals surface area contributed by atoms with Crippen molar-refractivity contribution in [1.29, 1.82) is 0 Å². The molecule has 128 valence electrons. The van der Waals surface area contributed by atoms with Gasteiger partial charge in [-0.05, 0) is 24.4 Å². The van der Waals surface area contributed by atoms with Gasteiger partial charge in [0, 0.05) is 23.6 Å². The molecule has 0 unspecified atom stereocenters. The van der Waals surface area contributed by atoms with Crippen LogP contribution in [-0.4, -0.2) is 26.3 Å². The standard InChI is InChI=1S/C20H15N3O2S/c1-12(24)23-19(25)17(22-20(23)26)11-15-14-9-5-6-10-16(14)21-18(15)13-7-3-2-4-8-13/h2-11,25H,1H3,(H,22,26)/b15-11+. The zero-order valence-electron chi connectivity index (χ0n) is 13.9. The molecule has 2 aromatic carbocycles. The van der Waals surface area contributed by atoms with Crippen LogP contribution in [-0.2, 0) is 0 Å². The highest BCUT2D eigenvalue weighted by Crippen LogP contribution is 2.38. The lowest BCUT2D eigenvalue weighted by Crippen LogP contribution is -2.04. The number of H-pyrrole nitrogens is 1. The Balaban J connectivity index is 1.92. The molecule has 2 heterocycles. The van der Waals surface area contributed by atoms with E-state index in [2.05, 4.69) is 4.98 Å². The zero-order valence-corrected chi connectivity index (χ0v) is 14.7. The Kier molecular flexibility index (Phi) is 3.89. The van der Waals surface area contributed by atoms with E-state index in [1.807, 2.05) is 54.6 Å². The third-order valence-electron chi connectivity index (χ3n) is 4.23. The van der Waals surface area contributed by atoms with Gasteiger partial charge in [-0.2, -0.15) is 0 Å². The molecule has 0 amide bonds. The number of carbonyl (C=O) groups excluding carboxylic acids is 1. The van der Waals surface area contributed by atoms with Crippen molar-refractivity contribution in [3.63, 3.8) is 0 Å². The second-order valence-corrected chi connectivity index (χ2v) is 6.31. The lowest BCUT2D eigenvalue weighted by molar-refractivity contribution is 0.0926. The molecular formula is C20H15N3O2S. The number of nitrogens with zero attached hydrogens (tertiary/aromatic N) is 2. The lowest BCUT2D eigenvalue weighted by Gasteiger charge is -2.05. The van der Waals surface area contributed by atoms with Crippen LogP contribution in [0.25, 0.3) is 11.6 Å². The third kappa shape index (κ3) is 2.60. The van der Waals surface area contributed by atoms with Gasteiger partial charge in [-0.1, -0.05) is 48.5 Å². The molecule has 26 heavy (non-hydrogen) atoms. The normalized spacial score (nSPS) is 14.3. The predicted octanol–water partition coefficient (Wildman–Crippen LogP) is 4.59. The van der Waals surface area contributed by atoms with E-state index in [9.17, 15) is 9.90 Å². The predicted molar refractivity (Wildman–Crippen MR) is 105 cm³/mol. The average Bonchev–Trinajstić information content (AvgIpc) is 3.14. The number of benzene rings is 2. The molecule has 0 aliphatic carbocycles. The molecule has 0 spiro atoms. The molecule has 3 aromatic rings. The van der Waals surface area contributed by atoms with Crippen LogP contribution in [0.3, 0.4) is 0 Å². The van der Waals surface area contributed by atoms with Gasteiger partial charge < -0.3 is 10.1 Å². The van der Waals surface area contributed by atoms with Gasteiger partial charge in [-0.15, -0.1) is 0 Å². The summed E-state index contributed by atoms with van der Waals surface area (Å²) < 4.78 is 1.23. The van der Waals surface area contributed by atoms with E-state index in [1.54, 1.807) is 6.08 Å². The maximum absolute atomic E-state index is 11.7. The molecule has 0 fully saturated rings. The minimum absolute atomic E-state index is 0.159. The highest BCUT2D eigenvalue weighted by Gasteiger charge is 2.23. The number of allylic oxidation sites excluding steroid dienone is 1. The molecule has 1 aliphatic heterocycles. The molecule has 4 rings (SSSR count). The number of aromatic amines is 1. The topological polar surface area (TPSA) is 70.4 Å². The van der Waals surface area contributed by atoms with Crippen LogP contribution in [0, 0.1) is 4.77 Å². The van der Waals surface area contributed by atoms with E-state index < -0.39 is 0 Å². The Morgan fingerprint density at radius 1 is 1.15 bits per heavy atom. The number of fused-ring (bicyclic) bond motifs is 1. The van der Waals surface area contributed by atoms with Gasteiger partial charge in [0.15, 0.2) is 4.77 Å². The van der Waals surface area contributed by atoms with Crippen LogP contribution in [0.5, 0.6) is 5.88 Å². The van der Waals surface area contributed by atoms with Crippen molar-refractivity contribution in [2.45, 2.75) is 6.92 Å². The largest absolute Gasteiger partial charge is 0.493 e. The quantitative estimate of drug-likeness (QED) is 0.656. The van der Waals surface area contributed by atoms with E-state index in [0.29, 0.717) is 5.69 Å². The van der Waals surface area contributed by atoms with Gasteiger partial charge in [0.1, 0.15) is 5.69 Å². The van der Waals surface area contributed by atoms with Gasteiger partial charge in [-0.3, -0.25) is 4.79 Å². The molecule has 0 atom stereocenters. The smallest absolute Gasteiger partial charge is 0.232 e. The molecule has 0 saturated carbocycles. The molecule has 1 aromatic heterocycles. The van der Waals surface area contributed by atoms with Crippen LogP contribution in [0.1, 0.15) is 28.5 Å². The van der Waals surface area contributed by atoms with E-state index in [1.165, 1.54) is 6.92 Å². The van der Waals surface area contributed by atoms with Gasteiger partial charge in [0.25, 0.3) is 0 Å². The number of carbonyl (C=O) groups is 1. The number of rotatable bonds is 2. The molecule has 0 radical (unpaired) electrons. The van der Waals surface area contributed by atoms with Gasteiger partial charge in [0.05, 0.1) is 11.4 Å². The number of aromatic nitrogens is 2. The van der Waals surface area contributed by atoms with E-state index in [4.69, 9.17) is 17.2 Å². The Morgan fingerprint density at radius 2 is 1.85 bits per heavy atom. The number of aliphatic imine (C=N–C) groups is 1. The summed E-state index contributed by atoms with van der Waals surface area (Å²) in [5.74, 6) is -0.552. The number of imidazole rings is 1. The highest BCUT2D eigenvalue weighted by atomic mass is 32.1. The first-order valence-corrected chi connectivity index (χ1v) is 8.47. The van der Waals surface area contributed by atoms with Crippen molar-refractivity contribution in [1.82, 2.24) is 9.55 Å². The first-order chi connectivity index (χ1) is 12.6.